The van der Waals surface area contributed by atoms with Crippen LogP contribution in [0.4, 0.5) is 5.82 Å². The van der Waals surface area contributed by atoms with Crippen molar-refractivity contribution >= 4 is 11.8 Å². The molecule has 1 aromatic rings. The van der Waals surface area contributed by atoms with Crippen LogP contribution in [-0.4, -0.2) is 73.4 Å². The number of morpholine rings is 1. The molecule has 2 heterocycles. The molecule has 7 heteroatoms. The smallest absolute Gasteiger partial charge is 0.191 e. The maximum Gasteiger partial charge on any atom is 0.191 e. The number of aromatic nitrogens is 1. The molecule has 0 bridgehead atoms. The summed E-state index contributed by atoms with van der Waals surface area (Å²) >= 11 is 0. The van der Waals surface area contributed by atoms with Crippen LogP contribution in [0.1, 0.15) is 59.9 Å². The highest BCUT2D eigenvalue weighted by atomic mass is 16.5. The molecule has 2 N–H and O–H groups in total. The van der Waals surface area contributed by atoms with Crippen molar-refractivity contribution in [3.8, 4) is 0 Å². The topological polar surface area (TPSA) is 65.0 Å². The fourth-order valence-electron chi connectivity index (χ4n) is 4.02. The van der Waals surface area contributed by atoms with Crippen molar-refractivity contribution in [3.63, 3.8) is 0 Å². The Morgan fingerprint density at radius 1 is 1.23 bits per heavy atom. The van der Waals surface area contributed by atoms with Gasteiger partial charge in [0.1, 0.15) is 5.82 Å². The zero-order valence-electron chi connectivity index (χ0n) is 20.5. The second-order valence-corrected chi connectivity index (χ2v) is 8.60. The van der Waals surface area contributed by atoms with Gasteiger partial charge in [0.05, 0.1) is 18.8 Å². The minimum absolute atomic E-state index is 0.234. The Kier molecular flexibility index (Phi) is 11.1. The highest BCUT2D eigenvalue weighted by Gasteiger charge is 2.22. The lowest BCUT2D eigenvalue weighted by Crippen LogP contribution is -2.45. The van der Waals surface area contributed by atoms with Crippen LogP contribution in [0, 0.1) is 0 Å². The number of anilines is 1. The number of nitrogens with zero attached hydrogens (tertiary/aromatic N) is 4. The number of rotatable bonds is 11. The first-order valence-corrected chi connectivity index (χ1v) is 12.1. The fraction of sp³-hybridized carbons (Fsp3) is 0.750. The van der Waals surface area contributed by atoms with Gasteiger partial charge < -0.3 is 25.2 Å². The molecule has 1 saturated heterocycles. The molecule has 1 aromatic heterocycles. The van der Waals surface area contributed by atoms with Crippen LogP contribution in [0.15, 0.2) is 23.3 Å². The highest BCUT2D eigenvalue weighted by Crippen LogP contribution is 2.18. The summed E-state index contributed by atoms with van der Waals surface area (Å²) in [5.41, 5.74) is 1.12. The largest absolute Gasteiger partial charge is 0.372 e. The van der Waals surface area contributed by atoms with Crippen LogP contribution in [-0.2, 0) is 11.3 Å². The second-order valence-electron chi connectivity index (χ2n) is 8.60. The van der Waals surface area contributed by atoms with E-state index in [0.29, 0.717) is 12.6 Å². The molecule has 0 aliphatic carbocycles. The number of ether oxygens (including phenoxy) is 1. The number of hydrogen-bond acceptors (Lipinski definition) is 5. The number of nitrogens with one attached hydrogen (secondary N) is 2. The summed E-state index contributed by atoms with van der Waals surface area (Å²) in [7, 11) is 0. The van der Waals surface area contributed by atoms with E-state index in [2.05, 4.69) is 79.1 Å². The minimum atomic E-state index is 0.234. The third-order valence-electron chi connectivity index (χ3n) is 5.71. The van der Waals surface area contributed by atoms with Crippen LogP contribution in [0.2, 0.25) is 0 Å². The lowest BCUT2D eigenvalue weighted by molar-refractivity contribution is -0.00545. The molecule has 31 heavy (non-hydrogen) atoms. The Hall–Kier alpha value is -1.86. The van der Waals surface area contributed by atoms with Crippen molar-refractivity contribution in [1.29, 1.82) is 0 Å². The first-order chi connectivity index (χ1) is 14.9. The van der Waals surface area contributed by atoms with Crippen LogP contribution < -0.4 is 15.5 Å². The molecule has 0 saturated carbocycles. The Balaban J connectivity index is 1.86. The van der Waals surface area contributed by atoms with Gasteiger partial charge in [-0.3, -0.25) is 0 Å². The minimum Gasteiger partial charge on any atom is -0.372 e. The van der Waals surface area contributed by atoms with Crippen molar-refractivity contribution in [3.05, 3.63) is 23.9 Å². The molecule has 176 valence electrons. The third kappa shape index (κ3) is 9.03. The molecule has 3 unspecified atom stereocenters. The molecule has 2 rings (SSSR count). The van der Waals surface area contributed by atoms with E-state index in [1.54, 1.807) is 0 Å². The van der Waals surface area contributed by atoms with Crippen molar-refractivity contribution in [2.24, 2.45) is 4.99 Å². The molecule has 1 fully saturated rings. The summed E-state index contributed by atoms with van der Waals surface area (Å²) in [5, 5.41) is 6.91. The molecule has 0 aromatic carbocycles. The van der Waals surface area contributed by atoms with Crippen LogP contribution in [0.3, 0.4) is 0 Å². The standard InChI is InChI=1S/C24H44N6O/c1-7-25-24(28-19(4)11-10-14-29(8-2)9-3)27-16-22-12-13-23(26-15-22)30-17-20(5)31-21(6)18-30/h12-13,15,19-21H,7-11,14,16-18H2,1-6H3,(H2,25,27,28). The fourth-order valence-corrected chi connectivity index (χ4v) is 4.02. The normalized spacial score (nSPS) is 20.7. The van der Waals surface area contributed by atoms with Crippen LogP contribution in [0.5, 0.6) is 0 Å². The summed E-state index contributed by atoms with van der Waals surface area (Å²) in [6.45, 7) is 19.7. The first-order valence-electron chi connectivity index (χ1n) is 12.1. The van der Waals surface area contributed by atoms with Gasteiger partial charge in [-0.1, -0.05) is 19.9 Å². The van der Waals surface area contributed by atoms with E-state index in [0.717, 1.165) is 63.0 Å². The number of pyridine rings is 1. The van der Waals surface area contributed by atoms with Gasteiger partial charge in [-0.15, -0.1) is 0 Å². The Morgan fingerprint density at radius 2 is 1.94 bits per heavy atom. The molecule has 3 atom stereocenters. The van der Waals surface area contributed by atoms with E-state index in [1.807, 2.05) is 6.20 Å². The Bertz CT molecular complexity index is 636. The quantitative estimate of drug-likeness (QED) is 0.413. The SMILES string of the molecule is CCNC(=NCc1ccc(N2CC(C)OC(C)C2)nc1)NC(C)CCCN(CC)CC. The van der Waals surface area contributed by atoms with Crippen molar-refractivity contribution < 1.29 is 4.74 Å². The zero-order chi connectivity index (χ0) is 22.6. The summed E-state index contributed by atoms with van der Waals surface area (Å²) < 4.78 is 5.83. The lowest BCUT2D eigenvalue weighted by Gasteiger charge is -2.36. The van der Waals surface area contributed by atoms with E-state index in [4.69, 9.17) is 9.73 Å². The van der Waals surface area contributed by atoms with Gasteiger partial charge in [0.2, 0.25) is 0 Å². The predicted molar refractivity (Wildman–Crippen MR) is 131 cm³/mol. The molecule has 0 spiro atoms. The van der Waals surface area contributed by atoms with E-state index >= 15 is 0 Å². The Labute approximate surface area is 189 Å². The van der Waals surface area contributed by atoms with E-state index in [9.17, 15) is 0 Å². The summed E-state index contributed by atoms with van der Waals surface area (Å²) in [6.07, 6.45) is 4.74. The lowest BCUT2D eigenvalue weighted by atomic mass is 10.2. The molecular formula is C24H44N6O. The molecule has 1 aliphatic rings. The second kappa shape index (κ2) is 13.5. The highest BCUT2D eigenvalue weighted by molar-refractivity contribution is 5.80. The number of guanidine groups is 1. The third-order valence-corrected chi connectivity index (χ3v) is 5.71. The van der Waals surface area contributed by atoms with Crippen LogP contribution >= 0.6 is 0 Å². The van der Waals surface area contributed by atoms with Gasteiger partial charge in [0.15, 0.2) is 5.96 Å². The zero-order valence-corrected chi connectivity index (χ0v) is 20.5. The van der Waals surface area contributed by atoms with Gasteiger partial charge in [-0.25, -0.2) is 9.98 Å². The van der Waals surface area contributed by atoms with Gasteiger partial charge in [0.25, 0.3) is 0 Å². The summed E-state index contributed by atoms with van der Waals surface area (Å²) in [5.74, 6) is 1.89. The van der Waals surface area contributed by atoms with E-state index < -0.39 is 0 Å². The van der Waals surface area contributed by atoms with Crippen LogP contribution in [0.25, 0.3) is 0 Å². The van der Waals surface area contributed by atoms with Crippen molar-refractivity contribution in [1.82, 2.24) is 20.5 Å². The maximum absolute atomic E-state index is 5.83. The van der Waals surface area contributed by atoms with Gasteiger partial charge >= 0.3 is 0 Å². The summed E-state index contributed by atoms with van der Waals surface area (Å²) in [6, 6.07) is 4.62. The van der Waals surface area contributed by atoms with Gasteiger partial charge in [-0.2, -0.15) is 0 Å². The van der Waals surface area contributed by atoms with E-state index in [-0.39, 0.29) is 12.2 Å². The average Bonchev–Trinajstić information content (AvgIpc) is 2.75. The predicted octanol–water partition coefficient (Wildman–Crippen LogP) is 3.26. The average molecular weight is 433 g/mol. The number of hydrogen-bond donors (Lipinski definition) is 2. The number of aliphatic imine (C=N–C) groups is 1. The van der Waals surface area contributed by atoms with Gasteiger partial charge in [0, 0.05) is 31.9 Å². The van der Waals surface area contributed by atoms with Crippen molar-refractivity contribution in [2.45, 2.75) is 79.2 Å². The molecule has 0 radical (unpaired) electrons. The summed E-state index contributed by atoms with van der Waals surface area (Å²) in [4.78, 5) is 14.2. The Morgan fingerprint density at radius 3 is 2.52 bits per heavy atom. The molecular weight excluding hydrogens is 388 g/mol. The van der Waals surface area contributed by atoms with Crippen molar-refractivity contribution in [2.75, 3.05) is 44.2 Å². The molecule has 7 nitrogen and oxygen atoms in total. The molecule has 1 aliphatic heterocycles. The molecule has 0 amide bonds. The van der Waals surface area contributed by atoms with E-state index in [1.165, 1.54) is 6.42 Å². The monoisotopic (exact) mass is 432 g/mol. The first kappa shape index (κ1) is 25.4. The maximum atomic E-state index is 5.83. The van der Waals surface area contributed by atoms with Gasteiger partial charge in [-0.05, 0) is 71.8 Å².